The maximum absolute atomic E-state index is 10.8. The van der Waals surface area contributed by atoms with Crippen molar-refractivity contribution in [2.75, 3.05) is 13.1 Å². The molecule has 3 aliphatic rings. The van der Waals surface area contributed by atoms with Crippen LogP contribution in [0.3, 0.4) is 0 Å². The van der Waals surface area contributed by atoms with Crippen LogP contribution in [0, 0.1) is 5.92 Å². The predicted molar refractivity (Wildman–Crippen MR) is 107 cm³/mol. The van der Waals surface area contributed by atoms with Gasteiger partial charge < -0.3 is 10.2 Å². The molecular weight excluding hydrogens is 334 g/mol. The lowest BCUT2D eigenvalue weighted by molar-refractivity contribution is -0.0471. The van der Waals surface area contributed by atoms with Crippen LogP contribution in [0.2, 0.25) is 0 Å². The number of nitrogens with zero attached hydrogens (tertiary/aromatic N) is 1. The molecule has 1 aliphatic heterocycles. The third-order valence-electron chi connectivity index (χ3n) is 7.55. The van der Waals surface area contributed by atoms with Crippen LogP contribution in [0.15, 0.2) is 48.5 Å². The number of benzene rings is 2. The minimum Gasteiger partial charge on any atom is -0.508 e. The molecule has 0 radical (unpaired) electrons. The van der Waals surface area contributed by atoms with Crippen LogP contribution in [0.5, 0.6) is 5.75 Å². The van der Waals surface area contributed by atoms with Gasteiger partial charge in [0, 0.05) is 18.0 Å². The Morgan fingerprint density at radius 2 is 1.93 bits per heavy atom. The van der Waals surface area contributed by atoms with Gasteiger partial charge in [0.15, 0.2) is 0 Å². The molecular formula is C24H29NO2. The van der Waals surface area contributed by atoms with Crippen LogP contribution >= 0.6 is 0 Å². The molecule has 1 heterocycles. The fraction of sp³-hybridized carbons (Fsp3) is 0.500. The highest BCUT2D eigenvalue weighted by molar-refractivity contribution is 5.45. The number of piperidine rings is 1. The lowest BCUT2D eigenvalue weighted by Crippen LogP contribution is -2.60. The number of phenolic OH excluding ortho intramolecular Hbond substituents is 1. The summed E-state index contributed by atoms with van der Waals surface area (Å²) in [6, 6.07) is 17.0. The highest BCUT2D eigenvalue weighted by atomic mass is 16.3. The lowest BCUT2D eigenvalue weighted by atomic mass is 9.52. The number of aromatic hydroxyl groups is 1. The van der Waals surface area contributed by atoms with E-state index in [0.29, 0.717) is 17.7 Å². The summed E-state index contributed by atoms with van der Waals surface area (Å²) in [7, 11) is 0. The fourth-order valence-corrected chi connectivity index (χ4v) is 6.32. The summed E-state index contributed by atoms with van der Waals surface area (Å²) in [5.74, 6) is 0.838. The summed E-state index contributed by atoms with van der Waals surface area (Å²) in [4.78, 5) is 2.69. The van der Waals surface area contributed by atoms with Gasteiger partial charge in [-0.2, -0.15) is 0 Å². The fourth-order valence-electron chi connectivity index (χ4n) is 6.32. The topological polar surface area (TPSA) is 43.7 Å². The third-order valence-corrected chi connectivity index (χ3v) is 7.55. The number of likely N-dealkylation sites (tertiary alicyclic amines) is 1. The Kier molecular flexibility index (Phi) is 4.25. The van der Waals surface area contributed by atoms with Gasteiger partial charge in [0.1, 0.15) is 5.75 Å². The molecule has 4 atom stereocenters. The van der Waals surface area contributed by atoms with Gasteiger partial charge in [0.05, 0.1) is 6.10 Å². The van der Waals surface area contributed by atoms with E-state index in [9.17, 15) is 10.2 Å². The normalized spacial score (nSPS) is 32.6. The number of hydrogen-bond acceptors (Lipinski definition) is 3. The molecule has 27 heavy (non-hydrogen) atoms. The highest BCUT2D eigenvalue weighted by Crippen LogP contribution is 2.58. The Hall–Kier alpha value is -1.84. The number of phenols is 1. The van der Waals surface area contributed by atoms with E-state index in [4.69, 9.17) is 0 Å². The molecule has 2 aromatic rings. The molecule has 0 unspecified atom stereocenters. The van der Waals surface area contributed by atoms with E-state index in [1.807, 2.05) is 12.1 Å². The lowest BCUT2D eigenvalue weighted by Gasteiger charge is -2.59. The summed E-state index contributed by atoms with van der Waals surface area (Å²) in [6.07, 6.45) is 6.39. The first-order valence-electron chi connectivity index (χ1n) is 10.5. The van der Waals surface area contributed by atoms with E-state index >= 15 is 0 Å². The van der Waals surface area contributed by atoms with Gasteiger partial charge in [-0.05, 0) is 73.4 Å². The summed E-state index contributed by atoms with van der Waals surface area (Å²) < 4.78 is 0. The SMILES string of the molecule is Oc1ccc2c(c1)[C@@]13CCC[C@@H]([C@H]1C[C@H]2O)N(CCc1ccccc1)CC3. The Bertz CT molecular complexity index is 820. The van der Waals surface area contributed by atoms with Crippen molar-refractivity contribution in [1.82, 2.24) is 4.90 Å². The Morgan fingerprint density at radius 1 is 1.07 bits per heavy atom. The molecule has 5 rings (SSSR count). The largest absolute Gasteiger partial charge is 0.508 e. The first-order chi connectivity index (χ1) is 13.2. The zero-order chi connectivity index (χ0) is 18.4. The smallest absolute Gasteiger partial charge is 0.115 e. The van der Waals surface area contributed by atoms with Crippen LogP contribution in [0.1, 0.15) is 54.9 Å². The van der Waals surface area contributed by atoms with E-state index < -0.39 is 6.10 Å². The van der Waals surface area contributed by atoms with Crippen molar-refractivity contribution in [3.05, 3.63) is 65.2 Å². The van der Waals surface area contributed by atoms with E-state index in [1.165, 1.54) is 30.4 Å². The first-order valence-corrected chi connectivity index (χ1v) is 10.5. The van der Waals surface area contributed by atoms with Crippen molar-refractivity contribution >= 4 is 0 Å². The minimum absolute atomic E-state index is 0.152. The van der Waals surface area contributed by atoms with Crippen molar-refractivity contribution in [2.45, 2.75) is 56.1 Å². The third kappa shape index (κ3) is 2.79. The van der Waals surface area contributed by atoms with Crippen LogP contribution in [0.25, 0.3) is 0 Å². The number of hydrogen-bond donors (Lipinski definition) is 2. The quantitative estimate of drug-likeness (QED) is 0.860. The molecule has 0 aromatic heterocycles. The standard InChI is InChI=1S/C24H29NO2/c26-18-8-9-19-20(15-18)24-11-4-7-22(21(24)16-23(19)27)25(14-12-24)13-10-17-5-2-1-3-6-17/h1-3,5-6,8-9,15,21-23,26-27H,4,7,10-14,16H2/t21-,22+,23-,24+/m1/s1. The van der Waals surface area contributed by atoms with Crippen LogP contribution in [-0.4, -0.2) is 34.2 Å². The summed E-state index contributed by atoms with van der Waals surface area (Å²) in [5, 5.41) is 21.0. The maximum Gasteiger partial charge on any atom is 0.115 e. The van der Waals surface area contributed by atoms with Crippen molar-refractivity contribution < 1.29 is 10.2 Å². The molecule has 2 aliphatic carbocycles. The molecule has 142 valence electrons. The second-order valence-corrected chi connectivity index (χ2v) is 8.77. The molecule has 2 bridgehead atoms. The van der Waals surface area contributed by atoms with Gasteiger partial charge in [0.25, 0.3) is 0 Å². The van der Waals surface area contributed by atoms with Crippen LogP contribution in [-0.2, 0) is 11.8 Å². The van der Waals surface area contributed by atoms with E-state index in [1.54, 1.807) is 6.07 Å². The van der Waals surface area contributed by atoms with Gasteiger partial charge in [-0.15, -0.1) is 0 Å². The zero-order valence-corrected chi connectivity index (χ0v) is 15.8. The maximum atomic E-state index is 10.8. The van der Waals surface area contributed by atoms with Crippen molar-refractivity contribution in [1.29, 1.82) is 0 Å². The number of aliphatic hydroxyl groups excluding tert-OH is 1. The van der Waals surface area contributed by atoms with Crippen LogP contribution in [0.4, 0.5) is 0 Å². The monoisotopic (exact) mass is 363 g/mol. The Labute approximate surface area is 161 Å². The van der Waals surface area contributed by atoms with Gasteiger partial charge in [-0.1, -0.05) is 42.8 Å². The second kappa shape index (κ2) is 6.65. The van der Waals surface area contributed by atoms with E-state index in [0.717, 1.165) is 37.9 Å². The molecule has 3 heteroatoms. The van der Waals surface area contributed by atoms with Crippen LogP contribution < -0.4 is 0 Å². The Balaban J connectivity index is 1.44. The van der Waals surface area contributed by atoms with Crippen molar-refractivity contribution in [3.63, 3.8) is 0 Å². The summed E-state index contributed by atoms with van der Waals surface area (Å²) in [5.41, 5.74) is 3.85. The van der Waals surface area contributed by atoms with Gasteiger partial charge in [0.2, 0.25) is 0 Å². The molecule has 3 nitrogen and oxygen atoms in total. The summed E-state index contributed by atoms with van der Waals surface area (Å²) in [6.45, 7) is 2.23. The van der Waals surface area contributed by atoms with Crippen molar-refractivity contribution in [3.8, 4) is 5.75 Å². The number of rotatable bonds is 3. The van der Waals surface area contributed by atoms with E-state index in [-0.39, 0.29) is 5.41 Å². The zero-order valence-electron chi connectivity index (χ0n) is 15.8. The molecule has 2 aromatic carbocycles. The van der Waals surface area contributed by atoms with Gasteiger partial charge >= 0.3 is 0 Å². The van der Waals surface area contributed by atoms with E-state index in [2.05, 4.69) is 35.2 Å². The number of aliphatic hydroxyl groups is 1. The second-order valence-electron chi connectivity index (χ2n) is 8.77. The molecule has 0 amide bonds. The average molecular weight is 364 g/mol. The molecule has 0 spiro atoms. The first kappa shape index (κ1) is 17.3. The predicted octanol–water partition coefficient (Wildman–Crippen LogP) is 4.18. The molecule has 2 N–H and O–H groups in total. The minimum atomic E-state index is -0.395. The summed E-state index contributed by atoms with van der Waals surface area (Å²) >= 11 is 0. The van der Waals surface area contributed by atoms with Gasteiger partial charge in [-0.3, -0.25) is 4.90 Å². The van der Waals surface area contributed by atoms with Crippen molar-refractivity contribution in [2.24, 2.45) is 5.92 Å². The Morgan fingerprint density at radius 3 is 2.78 bits per heavy atom. The average Bonchev–Trinajstić information content (AvgIpc) is 2.68. The molecule has 1 saturated carbocycles. The van der Waals surface area contributed by atoms with Gasteiger partial charge in [-0.25, -0.2) is 0 Å². The highest BCUT2D eigenvalue weighted by Gasteiger charge is 2.55. The molecule has 1 saturated heterocycles. The number of fused-ring (bicyclic) bond motifs is 1. The molecule has 2 fully saturated rings.